The number of amides is 1. The van der Waals surface area contributed by atoms with Crippen molar-refractivity contribution >= 4 is 28.4 Å². The fraction of sp³-hybridized carbons (Fsp3) is 0.355. The average Bonchev–Trinajstić information content (AvgIpc) is 3.31. The largest absolute Gasteiger partial charge is 0.394 e. The highest BCUT2D eigenvalue weighted by atomic mass is 35.5. The predicted molar refractivity (Wildman–Crippen MR) is 152 cm³/mol. The molecular weight excluding hydrogens is 498 g/mol. The number of carbonyl (C=O) groups excluding carboxylic acids is 1. The number of nitrogens with one attached hydrogen (secondary N) is 1. The molecule has 1 aliphatic rings. The van der Waals surface area contributed by atoms with Crippen LogP contribution in [0.3, 0.4) is 0 Å². The molecule has 1 aromatic heterocycles. The van der Waals surface area contributed by atoms with Crippen molar-refractivity contribution < 1.29 is 15.0 Å². The fourth-order valence-electron chi connectivity index (χ4n) is 5.63. The van der Waals surface area contributed by atoms with Crippen LogP contribution < -0.4 is 5.32 Å². The van der Waals surface area contributed by atoms with E-state index in [9.17, 15) is 15.0 Å². The van der Waals surface area contributed by atoms with Gasteiger partial charge in [-0.05, 0) is 43.5 Å². The number of benzene rings is 3. The lowest BCUT2D eigenvalue weighted by Gasteiger charge is -2.38. The van der Waals surface area contributed by atoms with Gasteiger partial charge in [0.05, 0.1) is 35.4 Å². The van der Waals surface area contributed by atoms with Crippen LogP contribution in [0.25, 0.3) is 22.2 Å². The summed E-state index contributed by atoms with van der Waals surface area (Å²) < 4.78 is 1.69. The van der Waals surface area contributed by atoms with Crippen molar-refractivity contribution in [2.24, 2.45) is 0 Å². The fourth-order valence-corrected chi connectivity index (χ4v) is 5.84. The maximum absolute atomic E-state index is 13.5. The summed E-state index contributed by atoms with van der Waals surface area (Å²) in [6, 6.07) is 21.8. The van der Waals surface area contributed by atoms with Crippen molar-refractivity contribution in [1.82, 2.24) is 15.1 Å². The maximum atomic E-state index is 13.5. The van der Waals surface area contributed by atoms with Gasteiger partial charge in [-0.1, -0.05) is 85.0 Å². The van der Waals surface area contributed by atoms with E-state index in [0.717, 1.165) is 42.1 Å². The summed E-state index contributed by atoms with van der Waals surface area (Å²) in [4.78, 5) is 13.5. The number of para-hydroxylation sites is 1. The molecule has 1 aliphatic carbocycles. The van der Waals surface area contributed by atoms with Gasteiger partial charge in [0.15, 0.2) is 0 Å². The van der Waals surface area contributed by atoms with Crippen molar-refractivity contribution in [1.29, 1.82) is 0 Å². The van der Waals surface area contributed by atoms with E-state index in [-0.39, 0.29) is 24.5 Å². The Hall–Kier alpha value is -3.19. The van der Waals surface area contributed by atoms with E-state index in [1.165, 1.54) is 17.5 Å². The highest BCUT2D eigenvalue weighted by molar-refractivity contribution is 6.34. The third-order valence-electron chi connectivity index (χ3n) is 7.80. The molecule has 3 N–H and O–H groups in total. The van der Waals surface area contributed by atoms with E-state index in [4.69, 9.17) is 16.7 Å². The van der Waals surface area contributed by atoms with Gasteiger partial charge in [-0.3, -0.25) is 9.48 Å². The zero-order valence-corrected chi connectivity index (χ0v) is 22.4. The Kier molecular flexibility index (Phi) is 7.84. The number of fused-ring (bicyclic) bond motifs is 1. The first-order valence-corrected chi connectivity index (χ1v) is 13.7. The molecule has 1 amide bonds. The SMILES string of the molecule is Cc1ccc(C2(CNC(=O)c3cc(-c4nn(CC(O)CO)c5ccccc45)ccc3Cl)CCCCC2)cc1. The van der Waals surface area contributed by atoms with E-state index in [2.05, 4.69) is 36.5 Å². The first-order chi connectivity index (χ1) is 18.4. The van der Waals surface area contributed by atoms with Crippen LogP contribution in [-0.2, 0) is 12.0 Å². The summed E-state index contributed by atoms with van der Waals surface area (Å²) in [5, 5.41) is 28.5. The van der Waals surface area contributed by atoms with E-state index < -0.39 is 6.10 Å². The molecule has 0 bridgehead atoms. The molecule has 38 heavy (non-hydrogen) atoms. The molecule has 3 aromatic carbocycles. The number of aliphatic hydroxyl groups is 2. The standard InChI is InChI=1S/C31H34ClN3O3/c1-21-9-12-23(13-10-21)31(15-5-2-6-16-31)20-33-30(38)26-17-22(11-14-27(26)32)29-25-7-3-4-8-28(25)35(34-29)18-24(37)19-36/h3-4,7-14,17,24,36-37H,2,5-6,15-16,18-20H2,1H3,(H,33,38). The molecular formula is C31H34ClN3O3. The molecule has 1 saturated carbocycles. The molecule has 0 aliphatic heterocycles. The summed E-state index contributed by atoms with van der Waals surface area (Å²) in [7, 11) is 0. The van der Waals surface area contributed by atoms with Crippen molar-refractivity contribution in [2.45, 2.75) is 57.1 Å². The van der Waals surface area contributed by atoms with Crippen LogP contribution in [0.4, 0.5) is 0 Å². The number of halogens is 1. The lowest BCUT2D eigenvalue weighted by Crippen LogP contribution is -2.42. The highest BCUT2D eigenvalue weighted by Crippen LogP contribution is 2.39. The van der Waals surface area contributed by atoms with Crippen LogP contribution in [0.2, 0.25) is 5.02 Å². The van der Waals surface area contributed by atoms with Gasteiger partial charge in [-0.15, -0.1) is 0 Å². The van der Waals surface area contributed by atoms with Gasteiger partial charge in [0, 0.05) is 22.9 Å². The number of nitrogens with zero attached hydrogens (tertiary/aromatic N) is 2. The summed E-state index contributed by atoms with van der Waals surface area (Å²) in [6.45, 7) is 2.47. The Balaban J connectivity index is 1.43. The van der Waals surface area contributed by atoms with Crippen molar-refractivity contribution in [3.63, 3.8) is 0 Å². The molecule has 7 heteroatoms. The van der Waals surface area contributed by atoms with Gasteiger partial charge in [-0.25, -0.2) is 0 Å². The molecule has 0 spiro atoms. The second-order valence-corrected chi connectivity index (χ2v) is 10.9. The minimum atomic E-state index is -0.918. The third kappa shape index (κ3) is 5.35. The van der Waals surface area contributed by atoms with E-state index in [0.29, 0.717) is 22.8 Å². The summed E-state index contributed by atoms with van der Waals surface area (Å²) in [6.07, 6.45) is 4.71. The highest BCUT2D eigenvalue weighted by Gasteiger charge is 2.34. The summed E-state index contributed by atoms with van der Waals surface area (Å²) in [5.74, 6) is -0.201. The van der Waals surface area contributed by atoms with Crippen LogP contribution in [0.5, 0.6) is 0 Å². The number of hydrogen-bond acceptors (Lipinski definition) is 4. The van der Waals surface area contributed by atoms with E-state index in [1.54, 1.807) is 16.8 Å². The Bertz CT molecular complexity index is 1420. The van der Waals surface area contributed by atoms with Gasteiger partial charge in [0.25, 0.3) is 5.91 Å². The summed E-state index contributed by atoms with van der Waals surface area (Å²) >= 11 is 6.53. The van der Waals surface area contributed by atoms with E-state index >= 15 is 0 Å². The molecule has 1 fully saturated rings. The van der Waals surface area contributed by atoms with Crippen molar-refractivity contribution in [2.75, 3.05) is 13.2 Å². The first-order valence-electron chi connectivity index (χ1n) is 13.3. The first kappa shape index (κ1) is 26.4. The van der Waals surface area contributed by atoms with Crippen LogP contribution in [0.1, 0.15) is 53.6 Å². The van der Waals surface area contributed by atoms with Crippen molar-refractivity contribution in [3.8, 4) is 11.3 Å². The van der Waals surface area contributed by atoms with Gasteiger partial charge in [-0.2, -0.15) is 5.10 Å². The topological polar surface area (TPSA) is 87.4 Å². The quantitative estimate of drug-likeness (QED) is 0.274. The smallest absolute Gasteiger partial charge is 0.252 e. The lowest BCUT2D eigenvalue weighted by atomic mass is 9.69. The molecule has 0 radical (unpaired) electrons. The average molecular weight is 532 g/mol. The second-order valence-electron chi connectivity index (χ2n) is 10.5. The zero-order valence-electron chi connectivity index (χ0n) is 21.7. The van der Waals surface area contributed by atoms with Crippen LogP contribution >= 0.6 is 11.6 Å². The molecule has 1 unspecified atom stereocenters. The minimum absolute atomic E-state index is 0.0752. The Labute approximate surface area is 228 Å². The number of aromatic nitrogens is 2. The maximum Gasteiger partial charge on any atom is 0.252 e. The Morgan fingerprint density at radius 1 is 1.08 bits per heavy atom. The molecule has 1 heterocycles. The van der Waals surface area contributed by atoms with Crippen molar-refractivity contribution in [3.05, 3.63) is 88.4 Å². The van der Waals surface area contributed by atoms with Crippen LogP contribution in [0.15, 0.2) is 66.7 Å². The number of aliphatic hydroxyl groups excluding tert-OH is 2. The molecule has 198 valence electrons. The van der Waals surface area contributed by atoms with Gasteiger partial charge < -0.3 is 15.5 Å². The molecule has 1 atom stereocenters. The predicted octanol–water partition coefficient (Wildman–Crippen LogP) is 5.65. The van der Waals surface area contributed by atoms with Gasteiger partial charge >= 0.3 is 0 Å². The monoisotopic (exact) mass is 531 g/mol. The number of rotatable bonds is 8. The van der Waals surface area contributed by atoms with Gasteiger partial charge in [0.2, 0.25) is 0 Å². The van der Waals surface area contributed by atoms with Gasteiger partial charge in [0.1, 0.15) is 5.69 Å². The minimum Gasteiger partial charge on any atom is -0.394 e. The summed E-state index contributed by atoms with van der Waals surface area (Å²) in [5.41, 5.74) is 5.15. The molecule has 0 saturated heterocycles. The molecule has 6 nitrogen and oxygen atoms in total. The third-order valence-corrected chi connectivity index (χ3v) is 8.13. The number of carbonyl (C=O) groups is 1. The molecule has 4 aromatic rings. The Morgan fingerprint density at radius 3 is 2.55 bits per heavy atom. The second kappa shape index (κ2) is 11.3. The molecule has 5 rings (SSSR count). The number of hydrogen-bond donors (Lipinski definition) is 3. The van der Waals surface area contributed by atoms with E-state index in [1.807, 2.05) is 30.3 Å². The van der Waals surface area contributed by atoms with Crippen LogP contribution in [-0.4, -0.2) is 45.2 Å². The number of aryl methyl sites for hydroxylation is 1. The normalized spacial score (nSPS) is 15.9. The lowest BCUT2D eigenvalue weighted by molar-refractivity contribution is 0.0794. The Morgan fingerprint density at radius 2 is 1.82 bits per heavy atom. The van der Waals surface area contributed by atoms with Crippen LogP contribution in [0, 0.1) is 6.92 Å². The zero-order chi connectivity index (χ0) is 26.7.